The number of rotatable bonds is 3. The molecular formula is C20H24N2O3S. The predicted molar refractivity (Wildman–Crippen MR) is 104 cm³/mol. The Morgan fingerprint density at radius 1 is 0.923 bits per heavy atom. The van der Waals surface area contributed by atoms with Crippen LogP contribution in [0.25, 0.3) is 0 Å². The van der Waals surface area contributed by atoms with Gasteiger partial charge in [-0.25, -0.2) is 8.42 Å². The first-order valence-corrected chi connectivity index (χ1v) is 10.6. The summed E-state index contributed by atoms with van der Waals surface area (Å²) in [6.07, 6.45) is 1.16. The zero-order valence-electron chi connectivity index (χ0n) is 15.4. The van der Waals surface area contributed by atoms with Crippen molar-refractivity contribution in [3.63, 3.8) is 0 Å². The zero-order valence-corrected chi connectivity index (χ0v) is 16.2. The van der Waals surface area contributed by atoms with Crippen LogP contribution < -0.4 is 4.90 Å². The van der Waals surface area contributed by atoms with Crippen LogP contribution in [0.2, 0.25) is 0 Å². The molecule has 0 spiro atoms. The molecule has 0 N–H and O–H groups in total. The number of carbonyl (C=O) groups excluding carboxylic acids is 1. The van der Waals surface area contributed by atoms with Crippen LogP contribution in [0.1, 0.15) is 21.5 Å². The Hall–Kier alpha value is -2.34. The minimum Gasteiger partial charge on any atom is -0.368 e. The maximum absolute atomic E-state index is 12.7. The van der Waals surface area contributed by atoms with Crippen molar-refractivity contribution < 1.29 is 13.2 Å². The number of piperazine rings is 1. The molecule has 138 valence electrons. The van der Waals surface area contributed by atoms with Crippen LogP contribution in [0.5, 0.6) is 0 Å². The van der Waals surface area contributed by atoms with E-state index in [9.17, 15) is 13.2 Å². The Kier molecular flexibility index (Phi) is 5.05. The SMILES string of the molecule is Cc1ccc(C)c(N2CCN(C(=O)c3ccc(S(C)(=O)=O)cc3)CC2)c1. The van der Waals surface area contributed by atoms with Gasteiger partial charge in [0.15, 0.2) is 9.84 Å². The third-order valence-electron chi connectivity index (χ3n) is 4.80. The lowest BCUT2D eigenvalue weighted by molar-refractivity contribution is 0.0746. The maximum Gasteiger partial charge on any atom is 0.253 e. The number of aryl methyl sites for hydroxylation is 2. The summed E-state index contributed by atoms with van der Waals surface area (Å²) in [6, 6.07) is 12.6. The van der Waals surface area contributed by atoms with E-state index in [1.165, 1.54) is 28.9 Å². The molecule has 1 aliphatic rings. The van der Waals surface area contributed by atoms with Gasteiger partial charge in [-0.2, -0.15) is 0 Å². The zero-order chi connectivity index (χ0) is 18.9. The average Bonchev–Trinajstić information content (AvgIpc) is 2.63. The van der Waals surface area contributed by atoms with E-state index >= 15 is 0 Å². The molecule has 0 aliphatic carbocycles. The predicted octanol–water partition coefficient (Wildman–Crippen LogP) is 2.67. The number of benzene rings is 2. The van der Waals surface area contributed by atoms with Crippen molar-refractivity contribution in [2.45, 2.75) is 18.7 Å². The van der Waals surface area contributed by atoms with Crippen molar-refractivity contribution in [1.29, 1.82) is 0 Å². The minimum absolute atomic E-state index is 0.0503. The number of amides is 1. The van der Waals surface area contributed by atoms with E-state index < -0.39 is 9.84 Å². The highest BCUT2D eigenvalue weighted by molar-refractivity contribution is 7.90. The topological polar surface area (TPSA) is 57.7 Å². The number of hydrogen-bond donors (Lipinski definition) is 0. The van der Waals surface area contributed by atoms with Gasteiger partial charge in [0.2, 0.25) is 0 Å². The first kappa shape index (κ1) is 18.5. The highest BCUT2D eigenvalue weighted by Crippen LogP contribution is 2.23. The molecule has 3 rings (SSSR count). The van der Waals surface area contributed by atoms with E-state index in [0.29, 0.717) is 18.7 Å². The largest absolute Gasteiger partial charge is 0.368 e. The lowest BCUT2D eigenvalue weighted by Gasteiger charge is -2.37. The summed E-state index contributed by atoms with van der Waals surface area (Å²) < 4.78 is 23.1. The van der Waals surface area contributed by atoms with Crippen molar-refractivity contribution in [1.82, 2.24) is 4.90 Å². The average molecular weight is 372 g/mol. The molecular weight excluding hydrogens is 348 g/mol. The Bertz CT molecular complexity index is 913. The fourth-order valence-corrected chi connectivity index (χ4v) is 3.87. The van der Waals surface area contributed by atoms with Gasteiger partial charge in [-0.15, -0.1) is 0 Å². The highest BCUT2D eigenvalue weighted by Gasteiger charge is 2.23. The van der Waals surface area contributed by atoms with Gasteiger partial charge in [0.25, 0.3) is 5.91 Å². The van der Waals surface area contributed by atoms with E-state index in [2.05, 4.69) is 36.9 Å². The normalized spacial score (nSPS) is 15.2. The number of sulfone groups is 1. The third-order valence-corrected chi connectivity index (χ3v) is 5.93. The fraction of sp³-hybridized carbons (Fsp3) is 0.350. The van der Waals surface area contributed by atoms with Crippen LogP contribution in [-0.4, -0.2) is 51.7 Å². The van der Waals surface area contributed by atoms with Gasteiger partial charge in [-0.1, -0.05) is 12.1 Å². The second-order valence-electron chi connectivity index (χ2n) is 6.87. The monoisotopic (exact) mass is 372 g/mol. The molecule has 2 aromatic rings. The second kappa shape index (κ2) is 7.11. The van der Waals surface area contributed by atoms with Crippen LogP contribution in [0, 0.1) is 13.8 Å². The van der Waals surface area contributed by atoms with Gasteiger partial charge in [0.05, 0.1) is 4.90 Å². The molecule has 0 atom stereocenters. The quantitative estimate of drug-likeness (QED) is 0.831. The van der Waals surface area contributed by atoms with Crippen LogP contribution >= 0.6 is 0 Å². The van der Waals surface area contributed by atoms with Crippen molar-refractivity contribution >= 4 is 21.4 Å². The van der Waals surface area contributed by atoms with Crippen LogP contribution in [-0.2, 0) is 9.84 Å². The van der Waals surface area contributed by atoms with Gasteiger partial charge < -0.3 is 9.80 Å². The summed E-state index contributed by atoms with van der Waals surface area (Å²) in [5.41, 5.74) is 4.23. The Labute approximate surface area is 155 Å². The molecule has 0 unspecified atom stereocenters. The first-order valence-electron chi connectivity index (χ1n) is 8.67. The van der Waals surface area contributed by atoms with E-state index in [-0.39, 0.29) is 10.8 Å². The first-order chi connectivity index (χ1) is 12.3. The summed E-state index contributed by atoms with van der Waals surface area (Å²) in [5, 5.41) is 0. The molecule has 0 aromatic heterocycles. The van der Waals surface area contributed by atoms with Crippen molar-refractivity contribution in [3.05, 3.63) is 59.2 Å². The second-order valence-corrected chi connectivity index (χ2v) is 8.88. The summed E-state index contributed by atoms with van der Waals surface area (Å²) in [7, 11) is -3.25. The van der Waals surface area contributed by atoms with Crippen LogP contribution in [0.3, 0.4) is 0 Å². The highest BCUT2D eigenvalue weighted by atomic mass is 32.2. The lowest BCUT2D eigenvalue weighted by atomic mass is 10.1. The molecule has 1 aliphatic heterocycles. The summed E-state index contributed by atoms with van der Waals surface area (Å²) in [4.78, 5) is 17.1. The molecule has 0 bridgehead atoms. The van der Waals surface area contributed by atoms with E-state index in [1.807, 2.05) is 4.90 Å². The Morgan fingerprint density at radius 2 is 1.54 bits per heavy atom. The van der Waals surface area contributed by atoms with Gasteiger partial charge >= 0.3 is 0 Å². The number of nitrogens with zero attached hydrogens (tertiary/aromatic N) is 2. The van der Waals surface area contributed by atoms with Crippen LogP contribution in [0.4, 0.5) is 5.69 Å². The summed E-state index contributed by atoms with van der Waals surface area (Å²) in [6.45, 7) is 7.08. The molecule has 1 saturated heterocycles. The molecule has 2 aromatic carbocycles. The van der Waals surface area contributed by atoms with Crippen molar-refractivity contribution in [2.75, 3.05) is 37.3 Å². The fourth-order valence-electron chi connectivity index (χ4n) is 3.24. The summed E-state index contributed by atoms with van der Waals surface area (Å²) in [5.74, 6) is -0.0503. The van der Waals surface area contributed by atoms with E-state index in [4.69, 9.17) is 0 Å². The molecule has 1 amide bonds. The lowest BCUT2D eigenvalue weighted by Crippen LogP contribution is -2.49. The van der Waals surface area contributed by atoms with Crippen molar-refractivity contribution in [2.24, 2.45) is 0 Å². The van der Waals surface area contributed by atoms with Gasteiger partial charge in [0.1, 0.15) is 0 Å². The van der Waals surface area contributed by atoms with Gasteiger partial charge in [-0.05, 0) is 55.3 Å². The van der Waals surface area contributed by atoms with Crippen LogP contribution in [0.15, 0.2) is 47.4 Å². The Morgan fingerprint density at radius 3 is 2.12 bits per heavy atom. The molecule has 0 radical (unpaired) electrons. The molecule has 26 heavy (non-hydrogen) atoms. The Balaban J connectivity index is 1.68. The molecule has 1 fully saturated rings. The molecule has 6 heteroatoms. The maximum atomic E-state index is 12.7. The smallest absolute Gasteiger partial charge is 0.253 e. The standard InChI is InChI=1S/C20H24N2O3S/c1-15-4-5-16(2)19(14-15)21-10-12-22(13-11-21)20(23)17-6-8-18(9-7-17)26(3,24)25/h4-9,14H,10-13H2,1-3H3. The number of anilines is 1. The number of hydrogen-bond acceptors (Lipinski definition) is 4. The van der Waals surface area contributed by atoms with Gasteiger partial charge in [-0.3, -0.25) is 4.79 Å². The van der Waals surface area contributed by atoms with E-state index in [0.717, 1.165) is 19.3 Å². The molecule has 1 heterocycles. The molecule has 0 saturated carbocycles. The molecule has 5 nitrogen and oxygen atoms in total. The number of carbonyl (C=O) groups is 1. The van der Waals surface area contributed by atoms with Crippen molar-refractivity contribution in [3.8, 4) is 0 Å². The van der Waals surface area contributed by atoms with E-state index in [1.54, 1.807) is 12.1 Å². The minimum atomic E-state index is -3.25. The van der Waals surface area contributed by atoms with Gasteiger partial charge in [0, 0.05) is 43.7 Å². The summed E-state index contributed by atoms with van der Waals surface area (Å²) >= 11 is 0. The third kappa shape index (κ3) is 3.90.